The van der Waals surface area contributed by atoms with Crippen LogP contribution >= 0.6 is 0 Å². The fourth-order valence-electron chi connectivity index (χ4n) is 1.94. The van der Waals surface area contributed by atoms with Gasteiger partial charge in [0, 0.05) is 12.1 Å². The van der Waals surface area contributed by atoms with E-state index in [-0.39, 0.29) is 10.6 Å². The molecule has 0 spiro atoms. The number of nitro benzene ring substituents is 1. The number of aryl methyl sites for hydroxylation is 2. The van der Waals surface area contributed by atoms with Gasteiger partial charge in [0.1, 0.15) is 0 Å². The van der Waals surface area contributed by atoms with E-state index in [2.05, 4.69) is 0 Å². The lowest BCUT2D eigenvalue weighted by atomic mass is 9.96. The van der Waals surface area contributed by atoms with Crippen LogP contribution in [0.2, 0.25) is 0 Å². The molecule has 0 aliphatic carbocycles. The Bertz CT molecular complexity index is 576. The summed E-state index contributed by atoms with van der Waals surface area (Å²) in [6, 6.07) is 13.0. The van der Waals surface area contributed by atoms with E-state index in [1.165, 1.54) is 5.56 Å². The van der Waals surface area contributed by atoms with Crippen LogP contribution in [0.3, 0.4) is 0 Å². The van der Waals surface area contributed by atoms with Gasteiger partial charge >= 0.3 is 0 Å². The zero-order valence-corrected chi connectivity index (χ0v) is 9.81. The highest BCUT2D eigenvalue weighted by atomic mass is 16.6. The first-order chi connectivity index (χ1) is 8.09. The van der Waals surface area contributed by atoms with Gasteiger partial charge in [-0.15, -0.1) is 0 Å². The van der Waals surface area contributed by atoms with Crippen molar-refractivity contribution < 1.29 is 4.92 Å². The predicted octanol–water partition coefficient (Wildman–Crippen LogP) is 3.88. The van der Waals surface area contributed by atoms with E-state index in [1.54, 1.807) is 12.1 Å². The normalized spacial score (nSPS) is 10.2. The Kier molecular flexibility index (Phi) is 2.91. The average Bonchev–Trinajstić information content (AvgIpc) is 2.30. The second-order valence-electron chi connectivity index (χ2n) is 4.07. The van der Waals surface area contributed by atoms with E-state index in [0.717, 1.165) is 16.7 Å². The maximum Gasteiger partial charge on any atom is 0.269 e. The summed E-state index contributed by atoms with van der Waals surface area (Å²) in [6.45, 7) is 3.94. The average molecular weight is 227 g/mol. The molecule has 0 atom stereocenters. The van der Waals surface area contributed by atoms with Crippen molar-refractivity contribution in [3.8, 4) is 11.1 Å². The lowest BCUT2D eigenvalue weighted by Crippen LogP contribution is -1.91. The molecule has 2 aromatic rings. The number of non-ortho nitro benzene ring substituents is 1. The third kappa shape index (κ3) is 2.18. The third-order valence-corrected chi connectivity index (χ3v) is 2.86. The number of rotatable bonds is 2. The number of benzene rings is 2. The quantitative estimate of drug-likeness (QED) is 0.577. The van der Waals surface area contributed by atoms with Gasteiger partial charge in [0.25, 0.3) is 5.69 Å². The van der Waals surface area contributed by atoms with Gasteiger partial charge in [-0.3, -0.25) is 10.1 Å². The minimum absolute atomic E-state index is 0.139. The summed E-state index contributed by atoms with van der Waals surface area (Å²) in [5.74, 6) is 0. The Hall–Kier alpha value is -2.16. The van der Waals surface area contributed by atoms with Gasteiger partial charge in [-0.05, 0) is 42.2 Å². The van der Waals surface area contributed by atoms with Gasteiger partial charge in [-0.1, -0.05) is 24.3 Å². The number of nitrogens with zero attached hydrogens (tertiary/aromatic N) is 1. The van der Waals surface area contributed by atoms with Crippen molar-refractivity contribution in [2.75, 3.05) is 0 Å². The van der Waals surface area contributed by atoms with Crippen LogP contribution in [0.1, 0.15) is 11.1 Å². The first-order valence-corrected chi connectivity index (χ1v) is 5.40. The van der Waals surface area contributed by atoms with Crippen molar-refractivity contribution in [1.82, 2.24) is 0 Å². The van der Waals surface area contributed by atoms with Gasteiger partial charge in [0.05, 0.1) is 4.92 Å². The molecular formula is C14H13NO2. The molecule has 3 heteroatoms. The second kappa shape index (κ2) is 4.37. The first-order valence-electron chi connectivity index (χ1n) is 5.40. The van der Waals surface area contributed by atoms with E-state index in [9.17, 15) is 10.1 Å². The molecule has 0 fully saturated rings. The lowest BCUT2D eigenvalue weighted by Gasteiger charge is -2.08. The zero-order valence-electron chi connectivity index (χ0n) is 9.81. The Morgan fingerprint density at radius 3 is 2.18 bits per heavy atom. The number of nitro groups is 1. The molecule has 0 N–H and O–H groups in total. The minimum Gasteiger partial charge on any atom is -0.258 e. The van der Waals surface area contributed by atoms with E-state index >= 15 is 0 Å². The van der Waals surface area contributed by atoms with Crippen LogP contribution in [0.15, 0.2) is 42.5 Å². The van der Waals surface area contributed by atoms with E-state index in [4.69, 9.17) is 0 Å². The summed E-state index contributed by atoms with van der Waals surface area (Å²) in [4.78, 5) is 10.3. The summed E-state index contributed by atoms with van der Waals surface area (Å²) in [6.07, 6.45) is 0. The van der Waals surface area contributed by atoms with Gasteiger partial charge in [0.15, 0.2) is 0 Å². The Labute approximate surface area is 99.9 Å². The van der Waals surface area contributed by atoms with Gasteiger partial charge in [-0.2, -0.15) is 0 Å². The topological polar surface area (TPSA) is 43.1 Å². The molecule has 86 valence electrons. The molecule has 2 aromatic carbocycles. The van der Waals surface area contributed by atoms with Gasteiger partial charge in [0.2, 0.25) is 0 Å². The Balaban J connectivity index is 2.55. The summed E-state index contributed by atoms with van der Waals surface area (Å²) < 4.78 is 0. The van der Waals surface area contributed by atoms with Crippen LogP contribution in [-0.4, -0.2) is 4.92 Å². The molecule has 0 unspecified atom stereocenters. The fraction of sp³-hybridized carbons (Fsp3) is 0.143. The van der Waals surface area contributed by atoms with Crippen LogP contribution < -0.4 is 0 Å². The highest BCUT2D eigenvalue weighted by Gasteiger charge is 2.10. The molecule has 0 amide bonds. The van der Waals surface area contributed by atoms with Crippen LogP contribution in [0.4, 0.5) is 5.69 Å². The van der Waals surface area contributed by atoms with Crippen molar-refractivity contribution in [2.45, 2.75) is 13.8 Å². The molecule has 3 nitrogen and oxygen atoms in total. The molecule has 0 bridgehead atoms. The molecule has 0 radical (unpaired) electrons. The lowest BCUT2D eigenvalue weighted by molar-refractivity contribution is -0.384. The maximum atomic E-state index is 10.7. The summed E-state index contributed by atoms with van der Waals surface area (Å²) in [7, 11) is 0. The van der Waals surface area contributed by atoms with Crippen molar-refractivity contribution in [2.24, 2.45) is 0 Å². The standard InChI is InChI=1S/C14H13NO2/c1-10-5-3-4-6-13(10)14-8-7-12(15(16)17)9-11(14)2/h3-9H,1-2H3. The highest BCUT2D eigenvalue weighted by molar-refractivity contribution is 5.71. The smallest absolute Gasteiger partial charge is 0.258 e. The van der Waals surface area contributed by atoms with Crippen LogP contribution in [0.5, 0.6) is 0 Å². The molecule has 0 aromatic heterocycles. The van der Waals surface area contributed by atoms with Crippen LogP contribution in [-0.2, 0) is 0 Å². The largest absolute Gasteiger partial charge is 0.269 e. The summed E-state index contributed by atoms with van der Waals surface area (Å²) in [5.41, 5.74) is 4.41. The minimum atomic E-state index is -0.366. The SMILES string of the molecule is Cc1ccccc1-c1ccc([N+](=O)[O-])cc1C. The zero-order chi connectivity index (χ0) is 12.4. The molecule has 0 aliphatic heterocycles. The van der Waals surface area contributed by atoms with Crippen molar-refractivity contribution in [3.05, 3.63) is 63.7 Å². The van der Waals surface area contributed by atoms with Gasteiger partial charge in [-0.25, -0.2) is 0 Å². The number of hydrogen-bond donors (Lipinski definition) is 0. The highest BCUT2D eigenvalue weighted by Crippen LogP contribution is 2.28. The fourth-order valence-corrected chi connectivity index (χ4v) is 1.94. The predicted molar refractivity (Wildman–Crippen MR) is 68.0 cm³/mol. The van der Waals surface area contributed by atoms with Crippen molar-refractivity contribution in [3.63, 3.8) is 0 Å². The van der Waals surface area contributed by atoms with Crippen molar-refractivity contribution in [1.29, 1.82) is 0 Å². The second-order valence-corrected chi connectivity index (χ2v) is 4.07. The summed E-state index contributed by atoms with van der Waals surface area (Å²) in [5, 5.41) is 10.7. The molecule has 17 heavy (non-hydrogen) atoms. The Morgan fingerprint density at radius 2 is 1.59 bits per heavy atom. The third-order valence-electron chi connectivity index (χ3n) is 2.86. The molecular weight excluding hydrogens is 214 g/mol. The Morgan fingerprint density at radius 1 is 0.941 bits per heavy atom. The first kappa shape index (κ1) is 11.3. The van der Waals surface area contributed by atoms with E-state index in [0.29, 0.717) is 0 Å². The molecule has 0 heterocycles. The van der Waals surface area contributed by atoms with Gasteiger partial charge < -0.3 is 0 Å². The van der Waals surface area contributed by atoms with Crippen LogP contribution in [0, 0.1) is 24.0 Å². The maximum absolute atomic E-state index is 10.7. The molecule has 0 saturated carbocycles. The monoisotopic (exact) mass is 227 g/mol. The van der Waals surface area contributed by atoms with Crippen LogP contribution in [0.25, 0.3) is 11.1 Å². The molecule has 2 rings (SSSR count). The van der Waals surface area contributed by atoms with E-state index < -0.39 is 0 Å². The van der Waals surface area contributed by atoms with E-state index in [1.807, 2.05) is 44.2 Å². The van der Waals surface area contributed by atoms with Crippen molar-refractivity contribution >= 4 is 5.69 Å². The molecule has 0 aliphatic rings. The number of hydrogen-bond acceptors (Lipinski definition) is 2. The molecule has 0 saturated heterocycles. The summed E-state index contributed by atoms with van der Waals surface area (Å²) >= 11 is 0.